The van der Waals surface area contributed by atoms with Crippen LogP contribution in [0, 0.1) is 16.2 Å². The standard InChI is InChI=1S/C28H37NO2S/c1-17(2)18-14-15-21(19(16-18)24-29-20-12-10-11-13-22(20)32-24)30-25-23(31-25)28(9,26(3,4)5)27(6,7)8/h10-17,23,25H,1-9H3. The molecule has 0 radical (unpaired) electrons. The van der Waals surface area contributed by atoms with Gasteiger partial charge in [0.1, 0.15) is 16.9 Å². The molecule has 0 aliphatic carbocycles. The summed E-state index contributed by atoms with van der Waals surface area (Å²) >= 11 is 1.72. The van der Waals surface area contributed by atoms with E-state index in [-0.39, 0.29) is 28.6 Å². The van der Waals surface area contributed by atoms with Crippen LogP contribution in [0.1, 0.15) is 73.8 Å². The molecule has 2 unspecified atom stereocenters. The predicted octanol–water partition coefficient (Wildman–Crippen LogP) is 8.29. The summed E-state index contributed by atoms with van der Waals surface area (Å²) in [6, 6.07) is 14.8. The van der Waals surface area contributed by atoms with Crippen LogP contribution in [-0.4, -0.2) is 17.4 Å². The highest BCUT2D eigenvalue weighted by Gasteiger charge is 2.63. The number of hydrogen-bond donors (Lipinski definition) is 0. The molecular weight excluding hydrogens is 414 g/mol. The van der Waals surface area contributed by atoms with Gasteiger partial charge in [-0.2, -0.15) is 0 Å². The third kappa shape index (κ3) is 3.97. The molecule has 1 fully saturated rings. The van der Waals surface area contributed by atoms with Crippen molar-refractivity contribution in [1.82, 2.24) is 4.98 Å². The molecule has 4 heteroatoms. The maximum atomic E-state index is 6.54. The molecule has 32 heavy (non-hydrogen) atoms. The fourth-order valence-electron chi connectivity index (χ4n) is 4.86. The van der Waals surface area contributed by atoms with Gasteiger partial charge >= 0.3 is 0 Å². The molecule has 0 saturated carbocycles. The van der Waals surface area contributed by atoms with Gasteiger partial charge in [0.25, 0.3) is 0 Å². The highest BCUT2D eigenvalue weighted by atomic mass is 32.1. The average molecular weight is 452 g/mol. The summed E-state index contributed by atoms with van der Waals surface area (Å²) in [6.45, 7) is 20.6. The lowest BCUT2D eigenvalue weighted by Crippen LogP contribution is -2.49. The Morgan fingerprint density at radius 2 is 1.59 bits per heavy atom. The fourth-order valence-corrected chi connectivity index (χ4v) is 5.85. The zero-order chi connectivity index (χ0) is 23.5. The number of fused-ring (bicyclic) bond motifs is 1. The van der Waals surface area contributed by atoms with E-state index >= 15 is 0 Å². The Morgan fingerprint density at radius 1 is 0.938 bits per heavy atom. The van der Waals surface area contributed by atoms with Crippen LogP contribution in [0.5, 0.6) is 5.75 Å². The second-order valence-corrected chi connectivity index (χ2v) is 12.7. The number of epoxide rings is 1. The third-order valence-corrected chi connectivity index (χ3v) is 8.64. The molecule has 1 saturated heterocycles. The molecule has 0 N–H and O–H groups in total. The summed E-state index contributed by atoms with van der Waals surface area (Å²) in [5.74, 6) is 1.29. The van der Waals surface area contributed by atoms with Gasteiger partial charge < -0.3 is 9.47 Å². The van der Waals surface area contributed by atoms with Crippen molar-refractivity contribution in [3.63, 3.8) is 0 Å². The zero-order valence-corrected chi connectivity index (χ0v) is 21.8. The Balaban J connectivity index is 1.69. The predicted molar refractivity (Wildman–Crippen MR) is 135 cm³/mol. The molecular formula is C28H37NO2S. The van der Waals surface area contributed by atoms with Crippen LogP contribution in [0.15, 0.2) is 42.5 Å². The topological polar surface area (TPSA) is 34.6 Å². The SMILES string of the molecule is CC(C)c1ccc(OC2OC2C(C)(C(C)(C)C)C(C)(C)C)c(-c2nc3ccccc3s2)c1. The maximum absolute atomic E-state index is 6.54. The van der Waals surface area contributed by atoms with Gasteiger partial charge in [-0.05, 0) is 46.6 Å². The van der Waals surface area contributed by atoms with Crippen LogP contribution < -0.4 is 4.74 Å². The number of rotatable bonds is 5. The Labute approximate surface area is 197 Å². The highest BCUT2D eigenvalue weighted by Crippen LogP contribution is 2.59. The monoisotopic (exact) mass is 451 g/mol. The van der Waals surface area contributed by atoms with E-state index < -0.39 is 0 Å². The first-order valence-electron chi connectivity index (χ1n) is 11.6. The minimum atomic E-state index is -0.239. The molecule has 0 bridgehead atoms. The lowest BCUT2D eigenvalue weighted by atomic mass is 9.53. The van der Waals surface area contributed by atoms with E-state index in [0.29, 0.717) is 5.92 Å². The second kappa shape index (κ2) is 7.85. The zero-order valence-electron chi connectivity index (χ0n) is 20.9. The number of hydrogen-bond acceptors (Lipinski definition) is 4. The van der Waals surface area contributed by atoms with Crippen molar-refractivity contribution >= 4 is 21.6 Å². The van der Waals surface area contributed by atoms with Gasteiger partial charge in [0.05, 0.1) is 15.8 Å². The van der Waals surface area contributed by atoms with Crippen molar-refractivity contribution in [1.29, 1.82) is 0 Å². The van der Waals surface area contributed by atoms with Gasteiger partial charge in [-0.25, -0.2) is 4.98 Å². The Hall–Kier alpha value is -1.91. The number of para-hydroxylation sites is 1. The van der Waals surface area contributed by atoms with Crippen molar-refractivity contribution in [2.24, 2.45) is 16.2 Å². The average Bonchev–Trinajstić information content (AvgIpc) is 3.32. The van der Waals surface area contributed by atoms with Gasteiger partial charge in [0, 0.05) is 5.41 Å². The van der Waals surface area contributed by atoms with Crippen LogP contribution in [0.25, 0.3) is 20.8 Å². The lowest BCUT2D eigenvalue weighted by molar-refractivity contribution is -0.0391. The first kappa shape index (κ1) is 23.3. The minimum Gasteiger partial charge on any atom is -0.461 e. The number of thiazole rings is 1. The van der Waals surface area contributed by atoms with Crippen LogP contribution >= 0.6 is 11.3 Å². The number of aromatic nitrogens is 1. The van der Waals surface area contributed by atoms with Crippen LogP contribution in [-0.2, 0) is 4.74 Å². The third-order valence-electron chi connectivity index (χ3n) is 7.57. The first-order valence-corrected chi connectivity index (χ1v) is 12.5. The summed E-state index contributed by atoms with van der Waals surface area (Å²) in [4.78, 5) is 4.92. The fraction of sp³-hybridized carbons (Fsp3) is 0.536. The van der Waals surface area contributed by atoms with Crippen LogP contribution in [0.4, 0.5) is 0 Å². The van der Waals surface area contributed by atoms with E-state index in [2.05, 4.69) is 98.7 Å². The van der Waals surface area contributed by atoms with Crippen molar-refractivity contribution in [2.75, 3.05) is 0 Å². The summed E-state index contributed by atoms with van der Waals surface area (Å²) in [5, 5.41) is 0.996. The number of benzene rings is 2. The van der Waals surface area contributed by atoms with Crippen molar-refractivity contribution in [3.8, 4) is 16.3 Å². The maximum Gasteiger partial charge on any atom is 0.227 e. The van der Waals surface area contributed by atoms with Crippen LogP contribution in [0.2, 0.25) is 0 Å². The molecule has 3 aromatic rings. The van der Waals surface area contributed by atoms with Gasteiger partial charge in [-0.3, -0.25) is 0 Å². The molecule has 3 nitrogen and oxygen atoms in total. The van der Waals surface area contributed by atoms with Crippen molar-refractivity contribution in [3.05, 3.63) is 48.0 Å². The lowest BCUT2D eigenvalue weighted by Gasteiger charge is -2.50. The molecule has 172 valence electrons. The summed E-state index contributed by atoms with van der Waals surface area (Å²) in [5.41, 5.74) is 3.48. The first-order chi connectivity index (χ1) is 14.8. The normalized spacial score (nSPS) is 19.6. The number of nitrogens with zero attached hydrogens (tertiary/aromatic N) is 1. The van der Waals surface area contributed by atoms with Gasteiger partial charge in [0.2, 0.25) is 6.29 Å². The quantitative estimate of drug-likeness (QED) is 0.366. The molecule has 1 aliphatic rings. The Kier molecular flexibility index (Phi) is 5.70. The summed E-state index contributed by atoms with van der Waals surface area (Å²) in [6.07, 6.45) is -0.188. The second-order valence-electron chi connectivity index (χ2n) is 11.6. The molecule has 2 heterocycles. The highest BCUT2D eigenvalue weighted by molar-refractivity contribution is 7.21. The summed E-state index contributed by atoms with van der Waals surface area (Å²) < 4.78 is 14.0. The smallest absolute Gasteiger partial charge is 0.227 e. The van der Waals surface area contributed by atoms with E-state index in [9.17, 15) is 0 Å². The minimum absolute atomic E-state index is 0.0431. The van der Waals surface area contributed by atoms with Crippen LogP contribution in [0.3, 0.4) is 0 Å². The van der Waals surface area contributed by atoms with E-state index in [4.69, 9.17) is 14.5 Å². The van der Waals surface area contributed by atoms with E-state index in [1.807, 2.05) is 6.07 Å². The molecule has 4 rings (SSSR count). The van der Waals surface area contributed by atoms with Crippen molar-refractivity contribution < 1.29 is 9.47 Å². The molecule has 2 atom stereocenters. The van der Waals surface area contributed by atoms with Gasteiger partial charge in [0.15, 0.2) is 0 Å². The molecule has 1 aromatic heterocycles. The van der Waals surface area contributed by atoms with E-state index in [1.54, 1.807) is 11.3 Å². The van der Waals surface area contributed by atoms with Crippen molar-refractivity contribution in [2.45, 2.75) is 80.6 Å². The molecule has 0 spiro atoms. The summed E-state index contributed by atoms with van der Waals surface area (Å²) in [7, 11) is 0. The molecule has 2 aromatic carbocycles. The van der Waals surface area contributed by atoms with Gasteiger partial charge in [-0.1, -0.05) is 80.5 Å². The largest absolute Gasteiger partial charge is 0.461 e. The Morgan fingerprint density at radius 3 is 2.19 bits per heavy atom. The van der Waals surface area contributed by atoms with E-state index in [0.717, 1.165) is 21.8 Å². The van der Waals surface area contributed by atoms with Gasteiger partial charge in [-0.15, -0.1) is 11.3 Å². The van der Waals surface area contributed by atoms with E-state index in [1.165, 1.54) is 10.3 Å². The Bertz CT molecular complexity index is 1070. The molecule has 1 aliphatic heterocycles. The number of ether oxygens (including phenoxy) is 2. The molecule has 0 amide bonds.